The Hall–Kier alpha value is -0.860. The first kappa shape index (κ1) is 10.3. The van der Waals surface area contributed by atoms with Gasteiger partial charge in [0.05, 0.1) is 5.41 Å². The van der Waals surface area contributed by atoms with Crippen molar-refractivity contribution in [2.75, 3.05) is 6.61 Å². The maximum Gasteiger partial charge on any atom is 0.319 e. The molecule has 3 rings (SSSR count). The van der Waals surface area contributed by atoms with Gasteiger partial charge in [0.1, 0.15) is 12.0 Å². The molecule has 0 N–H and O–H groups in total. The number of carbonyl (C=O) groups excluding carboxylic acids is 2. The zero-order valence-corrected chi connectivity index (χ0v) is 9.59. The Morgan fingerprint density at radius 2 is 1.44 bits per heavy atom. The number of cyclic esters (lactones) is 1. The van der Waals surface area contributed by atoms with Gasteiger partial charge in [-0.15, -0.1) is 0 Å². The Kier molecular flexibility index (Phi) is 2.13. The molecule has 0 unspecified atom stereocenters. The summed E-state index contributed by atoms with van der Waals surface area (Å²) in [5.41, 5.74) is -1.03. The van der Waals surface area contributed by atoms with Gasteiger partial charge in [0.25, 0.3) is 0 Å². The minimum Gasteiger partial charge on any atom is -0.464 e. The van der Waals surface area contributed by atoms with Crippen LogP contribution in [0.25, 0.3) is 0 Å². The van der Waals surface area contributed by atoms with E-state index in [2.05, 4.69) is 0 Å². The molecule has 1 saturated heterocycles. The lowest BCUT2D eigenvalue weighted by atomic mass is 9.66. The average Bonchev–Trinajstić information content (AvgIpc) is 2.94. The molecular formula is C13H18O3. The van der Waals surface area contributed by atoms with Gasteiger partial charge < -0.3 is 4.74 Å². The highest BCUT2D eigenvalue weighted by Crippen LogP contribution is 2.53. The topological polar surface area (TPSA) is 43.4 Å². The third-order valence-electron chi connectivity index (χ3n) is 4.80. The van der Waals surface area contributed by atoms with Gasteiger partial charge in [0, 0.05) is 0 Å². The number of carbonyl (C=O) groups is 2. The summed E-state index contributed by atoms with van der Waals surface area (Å²) in [6.07, 6.45) is 7.53. The monoisotopic (exact) mass is 222 g/mol. The number of hydrogen-bond acceptors (Lipinski definition) is 3. The minimum absolute atomic E-state index is 0.228. The van der Waals surface area contributed by atoms with Crippen molar-refractivity contribution in [2.45, 2.75) is 51.4 Å². The molecule has 88 valence electrons. The van der Waals surface area contributed by atoms with Crippen molar-refractivity contribution < 1.29 is 14.3 Å². The SMILES string of the molecule is O=C1OCC2(CCCC2)C(=O)C12CCCC2. The Bertz CT molecular complexity index is 333. The number of Topliss-reactive ketones (excluding diaryl/α,β-unsaturated/α-hetero) is 1. The Morgan fingerprint density at radius 1 is 0.875 bits per heavy atom. The fourth-order valence-corrected chi connectivity index (χ4v) is 3.84. The summed E-state index contributed by atoms with van der Waals surface area (Å²) >= 11 is 0. The summed E-state index contributed by atoms with van der Waals surface area (Å²) in [6.45, 7) is 0.354. The molecule has 16 heavy (non-hydrogen) atoms. The number of hydrogen-bond donors (Lipinski definition) is 0. The van der Waals surface area contributed by atoms with Crippen LogP contribution in [-0.2, 0) is 14.3 Å². The minimum atomic E-state index is -0.734. The van der Waals surface area contributed by atoms with Crippen LogP contribution in [-0.4, -0.2) is 18.4 Å². The van der Waals surface area contributed by atoms with E-state index in [4.69, 9.17) is 4.74 Å². The predicted molar refractivity (Wildman–Crippen MR) is 57.8 cm³/mol. The Labute approximate surface area is 95.5 Å². The maximum absolute atomic E-state index is 12.7. The van der Waals surface area contributed by atoms with Crippen molar-refractivity contribution in [3.8, 4) is 0 Å². The van der Waals surface area contributed by atoms with Gasteiger partial charge in [-0.25, -0.2) is 0 Å². The van der Waals surface area contributed by atoms with Crippen LogP contribution in [0, 0.1) is 10.8 Å². The fourth-order valence-electron chi connectivity index (χ4n) is 3.84. The smallest absolute Gasteiger partial charge is 0.319 e. The molecular weight excluding hydrogens is 204 g/mol. The van der Waals surface area contributed by atoms with Crippen LogP contribution in [0.15, 0.2) is 0 Å². The number of ether oxygens (including phenoxy) is 1. The van der Waals surface area contributed by atoms with E-state index < -0.39 is 5.41 Å². The van der Waals surface area contributed by atoms with Gasteiger partial charge >= 0.3 is 5.97 Å². The normalized spacial score (nSPS) is 31.2. The van der Waals surface area contributed by atoms with Crippen LogP contribution >= 0.6 is 0 Å². The number of ketones is 1. The van der Waals surface area contributed by atoms with Gasteiger partial charge in [-0.2, -0.15) is 0 Å². The molecule has 0 radical (unpaired) electrons. The fraction of sp³-hybridized carbons (Fsp3) is 0.846. The quantitative estimate of drug-likeness (QED) is 0.466. The van der Waals surface area contributed by atoms with Crippen LogP contribution in [0.3, 0.4) is 0 Å². The van der Waals surface area contributed by atoms with Gasteiger partial charge in [-0.3, -0.25) is 9.59 Å². The Balaban J connectivity index is 1.97. The molecule has 0 aromatic carbocycles. The van der Waals surface area contributed by atoms with Crippen LogP contribution in [0.4, 0.5) is 0 Å². The maximum atomic E-state index is 12.7. The molecule has 3 aliphatic rings. The van der Waals surface area contributed by atoms with Crippen molar-refractivity contribution >= 4 is 11.8 Å². The summed E-state index contributed by atoms with van der Waals surface area (Å²) in [6, 6.07) is 0. The van der Waals surface area contributed by atoms with Gasteiger partial charge in [0.15, 0.2) is 5.78 Å². The third kappa shape index (κ3) is 1.14. The van der Waals surface area contributed by atoms with Gasteiger partial charge in [0.2, 0.25) is 0 Å². The first-order valence-electron chi connectivity index (χ1n) is 6.42. The number of rotatable bonds is 0. The largest absolute Gasteiger partial charge is 0.464 e. The van der Waals surface area contributed by atoms with Crippen molar-refractivity contribution in [2.24, 2.45) is 10.8 Å². The molecule has 1 heterocycles. The first-order chi connectivity index (χ1) is 7.70. The summed E-state index contributed by atoms with van der Waals surface area (Å²) < 4.78 is 5.36. The van der Waals surface area contributed by atoms with Crippen LogP contribution < -0.4 is 0 Å². The molecule has 2 saturated carbocycles. The zero-order valence-electron chi connectivity index (χ0n) is 9.59. The lowest BCUT2D eigenvalue weighted by Crippen LogP contribution is -2.54. The molecule has 0 aromatic rings. The zero-order chi connectivity index (χ0) is 11.2. The van der Waals surface area contributed by atoms with E-state index in [1.54, 1.807) is 0 Å². The molecule has 2 aliphatic carbocycles. The molecule has 3 heteroatoms. The second kappa shape index (κ2) is 3.31. The van der Waals surface area contributed by atoms with Crippen molar-refractivity contribution in [1.82, 2.24) is 0 Å². The Morgan fingerprint density at radius 3 is 2.06 bits per heavy atom. The highest BCUT2D eigenvalue weighted by atomic mass is 16.5. The highest BCUT2D eigenvalue weighted by Gasteiger charge is 2.60. The highest BCUT2D eigenvalue weighted by molar-refractivity contribution is 6.08. The van der Waals surface area contributed by atoms with Crippen molar-refractivity contribution in [1.29, 1.82) is 0 Å². The van der Waals surface area contributed by atoms with E-state index in [1.165, 1.54) is 0 Å². The van der Waals surface area contributed by atoms with Crippen LogP contribution in [0.1, 0.15) is 51.4 Å². The first-order valence-corrected chi connectivity index (χ1v) is 6.42. The second-order valence-electron chi connectivity index (χ2n) is 5.68. The molecule has 1 aliphatic heterocycles. The number of esters is 1. The van der Waals surface area contributed by atoms with Crippen LogP contribution in [0.2, 0.25) is 0 Å². The van der Waals surface area contributed by atoms with E-state index in [9.17, 15) is 9.59 Å². The van der Waals surface area contributed by atoms with E-state index in [1.807, 2.05) is 0 Å². The van der Waals surface area contributed by atoms with E-state index in [0.29, 0.717) is 6.61 Å². The summed E-state index contributed by atoms with van der Waals surface area (Å²) in [4.78, 5) is 24.6. The van der Waals surface area contributed by atoms with Crippen molar-refractivity contribution in [3.05, 3.63) is 0 Å². The molecule has 0 bridgehead atoms. The lowest BCUT2D eigenvalue weighted by Gasteiger charge is -2.41. The molecule has 2 spiro atoms. The molecule has 0 amide bonds. The van der Waals surface area contributed by atoms with E-state index >= 15 is 0 Å². The lowest BCUT2D eigenvalue weighted by molar-refractivity contribution is -0.178. The molecule has 3 nitrogen and oxygen atoms in total. The average molecular weight is 222 g/mol. The summed E-state index contributed by atoms with van der Waals surface area (Å²) in [7, 11) is 0. The predicted octanol–water partition coefficient (Wildman–Crippen LogP) is 2.23. The van der Waals surface area contributed by atoms with Gasteiger partial charge in [-0.1, -0.05) is 25.7 Å². The van der Waals surface area contributed by atoms with Crippen LogP contribution in [0.5, 0.6) is 0 Å². The molecule has 0 atom stereocenters. The van der Waals surface area contributed by atoms with Gasteiger partial charge in [-0.05, 0) is 25.7 Å². The van der Waals surface area contributed by atoms with E-state index in [-0.39, 0.29) is 17.2 Å². The second-order valence-corrected chi connectivity index (χ2v) is 5.68. The van der Waals surface area contributed by atoms with Crippen molar-refractivity contribution in [3.63, 3.8) is 0 Å². The molecule has 3 fully saturated rings. The standard InChI is InChI=1S/C13H18O3/c14-10-12(5-1-2-6-12)9-16-11(15)13(10)7-3-4-8-13/h1-9H2. The molecule has 0 aromatic heterocycles. The third-order valence-corrected chi connectivity index (χ3v) is 4.80. The van der Waals surface area contributed by atoms with E-state index in [0.717, 1.165) is 51.4 Å². The summed E-state index contributed by atoms with van der Waals surface area (Å²) in [5, 5.41) is 0. The summed E-state index contributed by atoms with van der Waals surface area (Å²) in [5.74, 6) is -0.00113.